The molecule has 0 aromatic rings. The van der Waals surface area contributed by atoms with Crippen LogP contribution in [0.25, 0.3) is 0 Å². The number of rotatable bonds is 48. The number of carboxylic acids is 1. The maximum atomic E-state index is 12.8. The van der Waals surface area contributed by atoms with E-state index in [2.05, 4.69) is 62.5 Å². The van der Waals surface area contributed by atoms with Crippen molar-refractivity contribution in [2.75, 3.05) is 47.5 Å². The van der Waals surface area contributed by atoms with Crippen molar-refractivity contribution >= 4 is 17.9 Å². The van der Waals surface area contributed by atoms with E-state index in [4.69, 9.17) is 18.9 Å². The number of allylic oxidation sites excluding steroid dienone is 8. The van der Waals surface area contributed by atoms with Gasteiger partial charge in [0.15, 0.2) is 12.4 Å². The molecule has 0 rings (SSSR count). The first-order valence-corrected chi connectivity index (χ1v) is 26.3. The maximum absolute atomic E-state index is 12.8. The van der Waals surface area contributed by atoms with Gasteiger partial charge in [-0.05, 0) is 77.0 Å². The molecule has 0 aliphatic rings. The fourth-order valence-corrected chi connectivity index (χ4v) is 7.18. The van der Waals surface area contributed by atoms with Gasteiger partial charge < -0.3 is 33.3 Å². The van der Waals surface area contributed by atoms with E-state index in [1.54, 1.807) is 0 Å². The van der Waals surface area contributed by atoms with Crippen molar-refractivity contribution in [1.82, 2.24) is 0 Å². The van der Waals surface area contributed by atoms with E-state index < -0.39 is 24.3 Å². The molecule has 0 aliphatic carbocycles. The van der Waals surface area contributed by atoms with Crippen LogP contribution in [0.15, 0.2) is 48.6 Å². The van der Waals surface area contributed by atoms with Gasteiger partial charge in [0.2, 0.25) is 0 Å². The molecule has 0 fully saturated rings. The lowest BCUT2D eigenvalue weighted by Gasteiger charge is -2.26. The molecule has 0 aromatic heterocycles. The number of nitrogens with zero attached hydrogens (tertiary/aromatic N) is 1. The Balaban J connectivity index is 4.37. The minimum Gasteiger partial charge on any atom is -0.545 e. The first kappa shape index (κ1) is 61.2. The number of carbonyl (C=O) groups is 3. The quantitative estimate of drug-likeness (QED) is 0.0195. The standard InChI is InChI=1S/C55H99NO8/c1-6-8-10-12-14-16-18-20-22-24-26-27-28-30-32-34-36-38-40-42-44-46-53(58)64-51(50-63-55(54(59)60)61-48-47-56(3,4)5)49-62-52(57)45-43-41-39-37-35-33-31-29-25-23-21-19-17-15-13-11-9-7-2/h18,20,23-26,28,30,51,55H,6-17,19,21-22,27,29,31-50H2,1-5H3/b20-18-,25-23-,26-24-,30-28-. The van der Waals surface area contributed by atoms with Crippen LogP contribution in [0.4, 0.5) is 0 Å². The Hall–Kier alpha value is -2.75. The zero-order chi connectivity index (χ0) is 47.0. The van der Waals surface area contributed by atoms with Gasteiger partial charge in [0.05, 0.1) is 40.3 Å². The molecule has 0 saturated heterocycles. The summed E-state index contributed by atoms with van der Waals surface area (Å²) in [6.45, 7) is 4.72. The third-order valence-corrected chi connectivity index (χ3v) is 11.3. The highest BCUT2D eigenvalue weighted by Crippen LogP contribution is 2.14. The average Bonchev–Trinajstić information content (AvgIpc) is 3.26. The third-order valence-electron chi connectivity index (χ3n) is 11.3. The lowest BCUT2D eigenvalue weighted by Crippen LogP contribution is -2.44. The van der Waals surface area contributed by atoms with E-state index in [1.807, 2.05) is 21.1 Å². The molecule has 64 heavy (non-hydrogen) atoms. The molecule has 0 saturated carbocycles. The predicted octanol–water partition coefficient (Wildman–Crippen LogP) is 13.4. The molecule has 9 heteroatoms. The summed E-state index contributed by atoms with van der Waals surface area (Å²) in [6, 6.07) is 0. The van der Waals surface area contributed by atoms with Crippen molar-refractivity contribution < 1.29 is 42.9 Å². The summed E-state index contributed by atoms with van der Waals surface area (Å²) in [5, 5.41) is 11.7. The van der Waals surface area contributed by atoms with Gasteiger partial charge in [-0.3, -0.25) is 9.59 Å². The minimum absolute atomic E-state index is 0.143. The average molecular weight is 902 g/mol. The van der Waals surface area contributed by atoms with Gasteiger partial charge in [-0.1, -0.05) is 184 Å². The summed E-state index contributed by atoms with van der Waals surface area (Å²) in [6.07, 6.45) is 52.8. The molecule has 0 heterocycles. The molecular formula is C55H99NO8. The second-order valence-electron chi connectivity index (χ2n) is 18.8. The van der Waals surface area contributed by atoms with E-state index >= 15 is 0 Å². The van der Waals surface area contributed by atoms with Crippen LogP contribution in [0, 0.1) is 0 Å². The summed E-state index contributed by atoms with van der Waals surface area (Å²) >= 11 is 0. The normalized spacial score (nSPS) is 13.2. The first-order valence-electron chi connectivity index (χ1n) is 26.3. The molecule has 0 N–H and O–H groups in total. The molecular weight excluding hydrogens is 803 g/mol. The van der Waals surface area contributed by atoms with Gasteiger partial charge in [-0.15, -0.1) is 0 Å². The SMILES string of the molecule is CCCCCCC/C=C\C/C=C\C/C=C\CCCCCCCCC(=O)OC(COC(=O)CCCCCCCCC/C=C\CCCCCCCCC)COC(OCC[N+](C)(C)C)C(=O)[O-]. The molecule has 0 amide bonds. The summed E-state index contributed by atoms with van der Waals surface area (Å²) in [7, 11) is 5.91. The number of hydrogen-bond donors (Lipinski definition) is 0. The Morgan fingerprint density at radius 2 is 0.844 bits per heavy atom. The van der Waals surface area contributed by atoms with Crippen molar-refractivity contribution in [2.24, 2.45) is 0 Å². The fourth-order valence-electron chi connectivity index (χ4n) is 7.18. The van der Waals surface area contributed by atoms with Crippen LogP contribution in [0.2, 0.25) is 0 Å². The van der Waals surface area contributed by atoms with Crippen LogP contribution in [0.3, 0.4) is 0 Å². The fraction of sp³-hybridized carbons (Fsp3) is 0.800. The number of carbonyl (C=O) groups excluding carboxylic acids is 3. The number of likely N-dealkylation sites (N-methyl/N-ethyl adjacent to an activating group) is 1. The van der Waals surface area contributed by atoms with E-state index in [1.165, 1.54) is 109 Å². The Kier molecular flexibility index (Phi) is 44.8. The van der Waals surface area contributed by atoms with Crippen LogP contribution in [-0.2, 0) is 33.3 Å². The van der Waals surface area contributed by atoms with E-state index in [0.717, 1.165) is 83.5 Å². The first-order chi connectivity index (χ1) is 31.1. The number of aliphatic carboxylic acids is 1. The summed E-state index contributed by atoms with van der Waals surface area (Å²) in [5.74, 6) is -2.30. The monoisotopic (exact) mass is 902 g/mol. The maximum Gasteiger partial charge on any atom is 0.306 e. The van der Waals surface area contributed by atoms with Gasteiger partial charge in [-0.2, -0.15) is 0 Å². The molecule has 9 nitrogen and oxygen atoms in total. The highest BCUT2D eigenvalue weighted by Gasteiger charge is 2.22. The Labute approximate surface area is 393 Å². The van der Waals surface area contributed by atoms with Gasteiger partial charge in [0, 0.05) is 12.8 Å². The van der Waals surface area contributed by atoms with Gasteiger partial charge in [0.25, 0.3) is 0 Å². The van der Waals surface area contributed by atoms with Crippen molar-refractivity contribution in [3.63, 3.8) is 0 Å². The smallest absolute Gasteiger partial charge is 0.306 e. The van der Waals surface area contributed by atoms with Crippen LogP contribution >= 0.6 is 0 Å². The highest BCUT2D eigenvalue weighted by atomic mass is 16.7. The zero-order valence-electron chi connectivity index (χ0n) is 42.1. The van der Waals surface area contributed by atoms with E-state index in [9.17, 15) is 19.5 Å². The Morgan fingerprint density at radius 1 is 0.469 bits per heavy atom. The molecule has 2 atom stereocenters. The highest BCUT2D eigenvalue weighted by molar-refractivity contribution is 5.70. The number of quaternary nitrogens is 1. The van der Waals surface area contributed by atoms with Crippen LogP contribution < -0.4 is 5.11 Å². The molecule has 0 spiro atoms. The summed E-state index contributed by atoms with van der Waals surface area (Å²) < 4.78 is 22.6. The largest absolute Gasteiger partial charge is 0.545 e. The van der Waals surface area contributed by atoms with E-state index in [-0.39, 0.29) is 38.6 Å². The molecule has 0 aliphatic heterocycles. The number of esters is 2. The van der Waals surface area contributed by atoms with Crippen LogP contribution in [0.1, 0.15) is 226 Å². The molecule has 2 unspecified atom stereocenters. The summed E-state index contributed by atoms with van der Waals surface area (Å²) in [4.78, 5) is 37.2. The Morgan fingerprint density at radius 3 is 1.27 bits per heavy atom. The molecule has 0 aromatic carbocycles. The number of carboxylic acid groups (broad SMARTS) is 1. The third kappa shape index (κ3) is 47.2. The topological polar surface area (TPSA) is 111 Å². The van der Waals surface area contributed by atoms with Gasteiger partial charge >= 0.3 is 11.9 Å². The van der Waals surface area contributed by atoms with Crippen molar-refractivity contribution in [2.45, 2.75) is 238 Å². The lowest BCUT2D eigenvalue weighted by atomic mass is 10.1. The van der Waals surface area contributed by atoms with Gasteiger partial charge in [-0.25, -0.2) is 0 Å². The Bertz CT molecular complexity index is 1190. The second kappa shape index (κ2) is 46.8. The minimum atomic E-state index is -1.63. The second-order valence-corrected chi connectivity index (χ2v) is 18.8. The van der Waals surface area contributed by atoms with Crippen molar-refractivity contribution in [1.29, 1.82) is 0 Å². The summed E-state index contributed by atoms with van der Waals surface area (Å²) in [5.41, 5.74) is 0. The van der Waals surface area contributed by atoms with E-state index in [0.29, 0.717) is 17.4 Å². The van der Waals surface area contributed by atoms with Crippen LogP contribution in [0.5, 0.6) is 0 Å². The molecule has 0 bridgehead atoms. The zero-order valence-corrected chi connectivity index (χ0v) is 42.1. The van der Waals surface area contributed by atoms with Crippen molar-refractivity contribution in [3.05, 3.63) is 48.6 Å². The van der Waals surface area contributed by atoms with Crippen LogP contribution in [-0.4, -0.2) is 82.3 Å². The van der Waals surface area contributed by atoms with Gasteiger partial charge in [0.1, 0.15) is 13.2 Å². The van der Waals surface area contributed by atoms with Crippen molar-refractivity contribution in [3.8, 4) is 0 Å². The molecule has 0 radical (unpaired) electrons. The molecule has 372 valence electrons. The lowest BCUT2D eigenvalue weighted by molar-refractivity contribution is -0.870. The number of unbranched alkanes of at least 4 members (excludes halogenated alkanes) is 25. The number of hydrogen-bond acceptors (Lipinski definition) is 8. The predicted molar refractivity (Wildman–Crippen MR) is 265 cm³/mol. The number of ether oxygens (including phenoxy) is 4.